The second-order valence-electron chi connectivity index (χ2n) is 10.8. The Kier molecular flexibility index (Phi) is 10.3. The van der Waals surface area contributed by atoms with Gasteiger partial charge in [0.05, 0.1) is 12.1 Å². The molecule has 214 valence electrons. The number of likely N-dealkylation sites (N-methyl/N-ethyl adjacent to an activating group) is 2. The molecule has 5 unspecified atom stereocenters. The lowest BCUT2D eigenvalue weighted by Crippen LogP contribution is -2.65. The fourth-order valence-electron chi connectivity index (χ4n) is 5.78. The molecule has 0 radical (unpaired) electrons. The molecule has 39 heavy (non-hydrogen) atoms. The zero-order valence-corrected chi connectivity index (χ0v) is 24.0. The van der Waals surface area contributed by atoms with Crippen molar-refractivity contribution in [2.45, 2.75) is 68.1 Å². The zero-order valence-electron chi connectivity index (χ0n) is 23.2. The van der Waals surface area contributed by atoms with E-state index in [1.807, 2.05) is 61.6 Å². The molecule has 0 saturated carbocycles. The Morgan fingerprint density at radius 2 is 1.92 bits per heavy atom. The summed E-state index contributed by atoms with van der Waals surface area (Å²) >= 11 is 1.26. The Morgan fingerprint density at radius 1 is 1.18 bits per heavy atom. The first-order valence-corrected chi connectivity index (χ1v) is 15.0. The third-order valence-corrected chi connectivity index (χ3v) is 8.83. The van der Waals surface area contributed by atoms with Crippen molar-refractivity contribution in [1.29, 1.82) is 0 Å². The highest BCUT2D eigenvalue weighted by molar-refractivity contribution is 7.99. The van der Waals surface area contributed by atoms with Crippen LogP contribution in [0.1, 0.15) is 26.2 Å². The van der Waals surface area contributed by atoms with Gasteiger partial charge in [-0.15, -0.1) is 11.8 Å². The second-order valence-corrected chi connectivity index (χ2v) is 11.7. The topological polar surface area (TPSA) is 118 Å². The number of hydrogen-bond acceptors (Lipinski definition) is 9. The zero-order chi connectivity index (χ0) is 28.1. The van der Waals surface area contributed by atoms with Gasteiger partial charge >= 0.3 is 0 Å². The minimum absolute atomic E-state index is 0.112. The van der Waals surface area contributed by atoms with Crippen LogP contribution in [0, 0.1) is 5.92 Å². The van der Waals surface area contributed by atoms with Crippen LogP contribution in [0.2, 0.25) is 0 Å². The number of aromatic nitrogens is 1. The van der Waals surface area contributed by atoms with E-state index in [4.69, 9.17) is 4.74 Å². The van der Waals surface area contributed by atoms with Crippen molar-refractivity contribution in [3.8, 4) is 11.1 Å². The van der Waals surface area contributed by atoms with Crippen molar-refractivity contribution < 1.29 is 24.9 Å². The SMILES string of the molecule is CCC[C@@H]1C[C@@H](C(=O)N[C@H](CN(C)c2ccc(-c3cccnc3)cc2)C2OC(SC)C(O)C(O)C2O)N(C)C1. The minimum atomic E-state index is -1.38. The summed E-state index contributed by atoms with van der Waals surface area (Å²) in [5.41, 5.74) is 2.27. The van der Waals surface area contributed by atoms with Crippen LogP contribution in [-0.4, -0.2) is 106 Å². The summed E-state index contributed by atoms with van der Waals surface area (Å²) in [4.78, 5) is 21.8. The largest absolute Gasteiger partial charge is 0.388 e. The van der Waals surface area contributed by atoms with Crippen LogP contribution >= 0.6 is 11.8 Å². The molecule has 1 aromatic carbocycles. The maximum Gasteiger partial charge on any atom is 0.237 e. The fraction of sp³-hybridized carbons (Fsp3) is 0.586. The van der Waals surface area contributed by atoms with Crippen molar-refractivity contribution in [3.05, 3.63) is 48.8 Å². The molecular weight excluding hydrogens is 516 g/mol. The molecule has 10 heteroatoms. The number of nitrogens with one attached hydrogen (secondary N) is 1. The standard InChI is InChI=1S/C29H42N4O5S/c1-5-7-18-14-23(33(3)16-18)28(37)31-22(27-25(35)24(34)26(36)29(38-27)39-4)17-32(2)21-11-9-19(10-12-21)20-8-6-13-30-15-20/h6,8-13,15,18,22-27,29,34-36H,5,7,14,16-17H2,1-4H3,(H,31,37)/t18-,22-,23+,24?,25?,26?,27?,29?/m1/s1. The lowest BCUT2D eigenvalue weighted by atomic mass is 9.93. The van der Waals surface area contributed by atoms with Crippen LogP contribution in [0.3, 0.4) is 0 Å². The van der Waals surface area contributed by atoms with E-state index in [2.05, 4.69) is 22.1 Å². The summed E-state index contributed by atoms with van der Waals surface area (Å²) in [6, 6.07) is 11.1. The van der Waals surface area contributed by atoms with Crippen LogP contribution in [0.4, 0.5) is 5.69 Å². The first-order chi connectivity index (χ1) is 18.7. The number of carbonyl (C=O) groups excluding carboxylic acids is 1. The summed E-state index contributed by atoms with van der Waals surface area (Å²) in [6.07, 6.45) is 3.43. The number of ether oxygens (including phenoxy) is 1. The van der Waals surface area contributed by atoms with Gasteiger partial charge in [-0.25, -0.2) is 0 Å². The molecule has 2 saturated heterocycles. The van der Waals surface area contributed by atoms with Gasteiger partial charge < -0.3 is 30.3 Å². The Bertz CT molecular complexity index is 1060. The molecule has 3 heterocycles. The van der Waals surface area contributed by atoms with E-state index >= 15 is 0 Å². The van der Waals surface area contributed by atoms with Crippen LogP contribution in [-0.2, 0) is 9.53 Å². The maximum absolute atomic E-state index is 13.6. The Morgan fingerprint density at radius 3 is 2.56 bits per heavy atom. The highest BCUT2D eigenvalue weighted by Gasteiger charge is 2.47. The van der Waals surface area contributed by atoms with E-state index in [0.29, 0.717) is 12.5 Å². The number of rotatable bonds is 10. The molecule has 2 aromatic rings. The number of pyridine rings is 1. The third kappa shape index (κ3) is 6.93. The quantitative estimate of drug-likeness (QED) is 0.347. The molecule has 9 nitrogen and oxygen atoms in total. The van der Waals surface area contributed by atoms with Crippen LogP contribution in [0.25, 0.3) is 11.1 Å². The van der Waals surface area contributed by atoms with E-state index < -0.39 is 35.9 Å². The van der Waals surface area contributed by atoms with Crippen molar-refractivity contribution in [1.82, 2.24) is 15.2 Å². The predicted molar refractivity (Wildman–Crippen MR) is 155 cm³/mol. The molecule has 2 aliphatic heterocycles. The van der Waals surface area contributed by atoms with Gasteiger partial charge in [-0.1, -0.05) is 31.5 Å². The molecule has 1 amide bonds. The third-order valence-electron chi connectivity index (χ3n) is 7.97. The number of likely N-dealkylation sites (tertiary alicyclic amines) is 1. The molecule has 4 rings (SSSR count). The fourth-order valence-corrected chi connectivity index (χ4v) is 6.46. The number of amides is 1. The molecular formula is C29H42N4O5S. The van der Waals surface area contributed by atoms with E-state index in [-0.39, 0.29) is 11.9 Å². The number of benzene rings is 1. The monoisotopic (exact) mass is 558 g/mol. The van der Waals surface area contributed by atoms with Crippen LogP contribution in [0.5, 0.6) is 0 Å². The minimum Gasteiger partial charge on any atom is -0.388 e. The molecule has 2 fully saturated rings. The van der Waals surface area contributed by atoms with Crippen LogP contribution < -0.4 is 10.2 Å². The van der Waals surface area contributed by atoms with Crippen molar-refractivity contribution in [3.63, 3.8) is 0 Å². The van der Waals surface area contributed by atoms with Gasteiger partial charge in [0.25, 0.3) is 0 Å². The summed E-state index contributed by atoms with van der Waals surface area (Å²) in [5.74, 6) is 0.364. The molecule has 0 spiro atoms. The number of aliphatic hydroxyl groups is 3. The summed E-state index contributed by atoms with van der Waals surface area (Å²) in [7, 11) is 3.89. The maximum atomic E-state index is 13.6. The molecule has 1 aromatic heterocycles. The molecule has 0 bridgehead atoms. The van der Waals surface area contributed by atoms with Gasteiger partial charge in [-0.05, 0) is 61.4 Å². The van der Waals surface area contributed by atoms with Gasteiger partial charge in [-0.2, -0.15) is 0 Å². The second kappa shape index (κ2) is 13.4. The van der Waals surface area contributed by atoms with E-state index in [1.165, 1.54) is 11.8 Å². The number of anilines is 1. The predicted octanol–water partition coefficient (Wildman–Crippen LogP) is 1.96. The normalized spacial score (nSPS) is 30.2. The summed E-state index contributed by atoms with van der Waals surface area (Å²) < 4.78 is 6.10. The Hall–Kier alpha value is -2.21. The highest BCUT2D eigenvalue weighted by atomic mass is 32.2. The van der Waals surface area contributed by atoms with E-state index in [1.54, 1.807) is 12.5 Å². The smallest absolute Gasteiger partial charge is 0.237 e. The van der Waals surface area contributed by atoms with Crippen molar-refractivity contribution in [2.75, 3.05) is 38.3 Å². The lowest BCUT2D eigenvalue weighted by Gasteiger charge is -2.44. The highest BCUT2D eigenvalue weighted by Crippen LogP contribution is 2.31. The van der Waals surface area contributed by atoms with Gasteiger partial charge in [-0.3, -0.25) is 14.7 Å². The lowest BCUT2D eigenvalue weighted by molar-refractivity contribution is -0.204. The average molecular weight is 559 g/mol. The summed E-state index contributed by atoms with van der Waals surface area (Å²) in [6.45, 7) is 3.37. The molecule has 8 atom stereocenters. The first kappa shape index (κ1) is 29.8. The van der Waals surface area contributed by atoms with Crippen molar-refractivity contribution in [2.24, 2.45) is 5.92 Å². The number of nitrogens with zero attached hydrogens (tertiary/aromatic N) is 3. The Balaban J connectivity index is 1.54. The molecule has 0 aliphatic carbocycles. The van der Waals surface area contributed by atoms with Gasteiger partial charge in [0.15, 0.2) is 0 Å². The Labute approximate surface area is 235 Å². The average Bonchev–Trinajstić information content (AvgIpc) is 3.32. The van der Waals surface area contributed by atoms with Gasteiger partial charge in [0, 0.05) is 38.2 Å². The van der Waals surface area contributed by atoms with E-state index in [0.717, 1.165) is 42.6 Å². The molecule has 2 aliphatic rings. The van der Waals surface area contributed by atoms with Gasteiger partial charge in [0.1, 0.15) is 29.9 Å². The molecule has 4 N–H and O–H groups in total. The summed E-state index contributed by atoms with van der Waals surface area (Å²) in [5, 5.41) is 35.1. The van der Waals surface area contributed by atoms with Gasteiger partial charge in [0.2, 0.25) is 5.91 Å². The van der Waals surface area contributed by atoms with E-state index in [9.17, 15) is 20.1 Å². The number of carbonyl (C=O) groups is 1. The number of hydrogen-bond donors (Lipinski definition) is 4. The van der Waals surface area contributed by atoms with Crippen LogP contribution in [0.15, 0.2) is 48.8 Å². The number of thioether (sulfide) groups is 1. The first-order valence-electron chi connectivity index (χ1n) is 13.7. The number of aliphatic hydroxyl groups excluding tert-OH is 3. The van der Waals surface area contributed by atoms with Crippen molar-refractivity contribution >= 4 is 23.4 Å².